The molecule has 0 radical (unpaired) electrons. The summed E-state index contributed by atoms with van der Waals surface area (Å²) < 4.78 is 0. The van der Waals surface area contributed by atoms with Gasteiger partial charge < -0.3 is 5.11 Å². The first-order chi connectivity index (χ1) is 6.09. The van der Waals surface area contributed by atoms with E-state index < -0.39 is 0 Å². The van der Waals surface area contributed by atoms with Crippen LogP contribution < -0.4 is 0 Å². The maximum Gasteiger partial charge on any atom is 0.163 e. The van der Waals surface area contributed by atoms with Gasteiger partial charge >= 0.3 is 0 Å². The third-order valence-corrected chi connectivity index (χ3v) is 2.69. The molecule has 0 spiro atoms. The van der Waals surface area contributed by atoms with Crippen molar-refractivity contribution in [1.29, 1.82) is 0 Å². The van der Waals surface area contributed by atoms with Gasteiger partial charge in [-0.3, -0.25) is 4.79 Å². The molecule has 2 rings (SSSR count). The Labute approximate surface area is 77.2 Å². The molecule has 1 aliphatic carbocycles. The van der Waals surface area contributed by atoms with Crippen molar-refractivity contribution in [3.8, 4) is 5.75 Å². The summed E-state index contributed by atoms with van der Waals surface area (Å²) in [6.07, 6.45) is 0.582. The summed E-state index contributed by atoms with van der Waals surface area (Å²) in [6.45, 7) is 3.82. The summed E-state index contributed by atoms with van der Waals surface area (Å²) in [7, 11) is 0. The van der Waals surface area contributed by atoms with Gasteiger partial charge in [-0.15, -0.1) is 0 Å². The monoisotopic (exact) mass is 176 g/mol. The molecule has 68 valence electrons. The Morgan fingerprint density at radius 2 is 2.15 bits per heavy atom. The normalized spacial score (nSPS) is 20.5. The number of phenols is 1. The van der Waals surface area contributed by atoms with Gasteiger partial charge in [0, 0.05) is 12.0 Å². The molecular weight excluding hydrogens is 164 g/mol. The van der Waals surface area contributed by atoms with Crippen LogP contribution in [0.5, 0.6) is 5.75 Å². The Hall–Kier alpha value is -1.31. The molecule has 13 heavy (non-hydrogen) atoms. The fourth-order valence-corrected chi connectivity index (χ4v) is 1.86. The van der Waals surface area contributed by atoms with Gasteiger partial charge in [0.15, 0.2) is 5.78 Å². The van der Waals surface area contributed by atoms with Crippen LogP contribution >= 0.6 is 0 Å². The minimum Gasteiger partial charge on any atom is -0.508 e. The van der Waals surface area contributed by atoms with Gasteiger partial charge in [-0.05, 0) is 36.1 Å². The minimum atomic E-state index is 0.200. The number of aryl methyl sites for hydroxylation is 1. The van der Waals surface area contributed by atoms with Gasteiger partial charge in [-0.2, -0.15) is 0 Å². The van der Waals surface area contributed by atoms with Crippen LogP contribution in [-0.2, 0) is 0 Å². The SMILES string of the molecule is Cc1cc2c(cc1O)C(C)CC2=O. The third-order valence-electron chi connectivity index (χ3n) is 2.69. The zero-order valence-corrected chi connectivity index (χ0v) is 7.79. The summed E-state index contributed by atoms with van der Waals surface area (Å²) in [4.78, 5) is 11.5. The van der Waals surface area contributed by atoms with Gasteiger partial charge in [0.1, 0.15) is 5.75 Å². The summed E-state index contributed by atoms with van der Waals surface area (Å²) >= 11 is 0. The Balaban J connectivity index is 2.65. The van der Waals surface area contributed by atoms with Crippen molar-refractivity contribution in [2.75, 3.05) is 0 Å². The van der Waals surface area contributed by atoms with Crippen LogP contribution in [0, 0.1) is 6.92 Å². The molecule has 0 amide bonds. The quantitative estimate of drug-likeness (QED) is 0.659. The molecule has 1 aromatic rings. The molecule has 0 bridgehead atoms. The van der Waals surface area contributed by atoms with Crippen molar-refractivity contribution in [3.63, 3.8) is 0 Å². The highest BCUT2D eigenvalue weighted by molar-refractivity contribution is 6.01. The van der Waals surface area contributed by atoms with Gasteiger partial charge in [0.25, 0.3) is 0 Å². The van der Waals surface area contributed by atoms with Crippen LogP contribution in [0.15, 0.2) is 12.1 Å². The zero-order valence-electron chi connectivity index (χ0n) is 7.79. The molecule has 2 nitrogen and oxygen atoms in total. The molecule has 0 saturated heterocycles. The van der Waals surface area contributed by atoms with Crippen LogP contribution in [0.4, 0.5) is 0 Å². The Kier molecular flexibility index (Phi) is 1.65. The van der Waals surface area contributed by atoms with E-state index in [-0.39, 0.29) is 11.7 Å². The van der Waals surface area contributed by atoms with Crippen LogP contribution in [0.3, 0.4) is 0 Å². The summed E-state index contributed by atoms with van der Waals surface area (Å²) in [5.74, 6) is 0.750. The number of Topliss-reactive ketones (excluding diaryl/α,β-unsaturated/α-hetero) is 1. The van der Waals surface area contributed by atoms with Crippen LogP contribution in [-0.4, -0.2) is 10.9 Å². The largest absolute Gasteiger partial charge is 0.508 e. The van der Waals surface area contributed by atoms with E-state index >= 15 is 0 Å². The molecular formula is C11H12O2. The average Bonchev–Trinajstić information content (AvgIpc) is 2.31. The maximum absolute atomic E-state index is 11.5. The lowest BCUT2D eigenvalue weighted by atomic mass is 10.0. The van der Waals surface area contributed by atoms with Crippen molar-refractivity contribution < 1.29 is 9.90 Å². The summed E-state index contributed by atoms with van der Waals surface area (Å²) in [6, 6.07) is 3.51. The highest BCUT2D eigenvalue weighted by atomic mass is 16.3. The molecule has 2 heteroatoms. The molecule has 1 N–H and O–H groups in total. The molecule has 0 heterocycles. The number of hydrogen-bond acceptors (Lipinski definition) is 2. The van der Waals surface area contributed by atoms with Gasteiger partial charge in [-0.25, -0.2) is 0 Å². The van der Waals surface area contributed by atoms with E-state index in [2.05, 4.69) is 0 Å². The lowest BCUT2D eigenvalue weighted by molar-refractivity contribution is 0.0990. The number of fused-ring (bicyclic) bond motifs is 1. The maximum atomic E-state index is 11.5. The van der Waals surface area contributed by atoms with E-state index in [0.717, 1.165) is 16.7 Å². The second-order valence-electron chi connectivity index (χ2n) is 3.75. The molecule has 0 saturated carbocycles. The fraction of sp³-hybridized carbons (Fsp3) is 0.364. The van der Waals surface area contributed by atoms with E-state index in [0.29, 0.717) is 12.2 Å². The van der Waals surface area contributed by atoms with E-state index in [9.17, 15) is 9.90 Å². The predicted octanol–water partition coefficient (Wildman–Crippen LogP) is 2.39. The first-order valence-electron chi connectivity index (χ1n) is 4.46. The van der Waals surface area contributed by atoms with Crippen molar-refractivity contribution in [3.05, 3.63) is 28.8 Å². The second-order valence-corrected chi connectivity index (χ2v) is 3.75. The predicted molar refractivity (Wildman–Crippen MR) is 50.2 cm³/mol. The Morgan fingerprint density at radius 3 is 2.85 bits per heavy atom. The van der Waals surface area contributed by atoms with Gasteiger partial charge in [-0.1, -0.05) is 6.92 Å². The number of aromatic hydroxyl groups is 1. The number of hydrogen-bond donors (Lipinski definition) is 1. The Bertz CT molecular complexity index is 380. The Morgan fingerprint density at radius 1 is 1.46 bits per heavy atom. The van der Waals surface area contributed by atoms with Crippen molar-refractivity contribution in [2.24, 2.45) is 0 Å². The molecule has 0 aromatic heterocycles. The van der Waals surface area contributed by atoms with Crippen LogP contribution in [0.1, 0.15) is 40.7 Å². The second kappa shape index (κ2) is 2.59. The average molecular weight is 176 g/mol. The first kappa shape index (κ1) is 8.30. The third kappa shape index (κ3) is 1.13. The lowest BCUT2D eigenvalue weighted by Gasteiger charge is -2.05. The minimum absolute atomic E-state index is 0.200. The zero-order chi connectivity index (χ0) is 9.59. The van der Waals surface area contributed by atoms with Gasteiger partial charge in [0.2, 0.25) is 0 Å². The van der Waals surface area contributed by atoms with Crippen molar-refractivity contribution in [2.45, 2.75) is 26.2 Å². The fourth-order valence-electron chi connectivity index (χ4n) is 1.86. The topological polar surface area (TPSA) is 37.3 Å². The van der Waals surface area contributed by atoms with Crippen molar-refractivity contribution >= 4 is 5.78 Å². The van der Waals surface area contributed by atoms with Crippen LogP contribution in [0.25, 0.3) is 0 Å². The molecule has 1 atom stereocenters. The molecule has 1 unspecified atom stereocenters. The van der Waals surface area contributed by atoms with E-state index in [4.69, 9.17) is 0 Å². The highest BCUT2D eigenvalue weighted by Gasteiger charge is 2.26. The highest BCUT2D eigenvalue weighted by Crippen LogP contribution is 2.36. The van der Waals surface area contributed by atoms with Crippen LogP contribution in [0.2, 0.25) is 0 Å². The summed E-state index contributed by atoms with van der Waals surface area (Å²) in [5, 5.41) is 9.48. The molecule has 0 fully saturated rings. The van der Waals surface area contributed by atoms with E-state index in [1.54, 1.807) is 12.1 Å². The molecule has 1 aliphatic rings. The number of rotatable bonds is 0. The lowest BCUT2D eigenvalue weighted by Crippen LogP contribution is -1.91. The van der Waals surface area contributed by atoms with E-state index in [1.807, 2.05) is 13.8 Å². The first-order valence-corrected chi connectivity index (χ1v) is 4.46. The van der Waals surface area contributed by atoms with Crippen molar-refractivity contribution in [1.82, 2.24) is 0 Å². The van der Waals surface area contributed by atoms with Gasteiger partial charge in [0.05, 0.1) is 0 Å². The number of phenolic OH excluding ortho intramolecular Hbond substituents is 1. The molecule has 1 aromatic carbocycles. The summed E-state index contributed by atoms with van der Waals surface area (Å²) in [5.41, 5.74) is 2.57. The molecule has 0 aliphatic heterocycles. The number of ketones is 1. The van der Waals surface area contributed by atoms with E-state index in [1.165, 1.54) is 0 Å². The number of carbonyl (C=O) groups is 1. The number of benzene rings is 1. The standard InChI is InChI=1S/C11H12O2/c1-6-4-11(13)9-3-7(2)10(12)5-8(6)9/h3,5-6,12H,4H2,1-2H3. The number of carbonyl (C=O) groups excluding carboxylic acids is 1. The smallest absolute Gasteiger partial charge is 0.163 e.